The summed E-state index contributed by atoms with van der Waals surface area (Å²) in [6.45, 7) is 0.262. The molecule has 0 spiro atoms. The van der Waals surface area contributed by atoms with Gasteiger partial charge in [-0.05, 0) is 41.7 Å². The number of nitrogens with zero attached hydrogens (tertiary/aromatic N) is 1. The van der Waals surface area contributed by atoms with Crippen LogP contribution < -0.4 is 5.32 Å². The average Bonchev–Trinajstić information content (AvgIpc) is 3.37. The summed E-state index contributed by atoms with van der Waals surface area (Å²) in [5, 5.41) is 4.11. The third kappa shape index (κ3) is 7.09. The van der Waals surface area contributed by atoms with E-state index in [9.17, 15) is 9.59 Å². The molecule has 1 aliphatic rings. The second-order valence-corrected chi connectivity index (χ2v) is 9.94. The molecule has 0 radical (unpaired) electrons. The highest BCUT2D eigenvalue weighted by molar-refractivity contribution is 6.42. The minimum atomic E-state index is -0.649. The normalized spacial score (nSPS) is 14.5. The van der Waals surface area contributed by atoms with E-state index in [2.05, 4.69) is 5.32 Å². The van der Waals surface area contributed by atoms with Gasteiger partial charge in [-0.3, -0.25) is 9.59 Å². The molecule has 1 aliphatic carbocycles. The molecule has 1 N–H and O–H groups in total. The molecule has 6 heteroatoms. The van der Waals surface area contributed by atoms with Gasteiger partial charge in [0.05, 0.1) is 16.5 Å². The minimum absolute atomic E-state index is 0.107. The Morgan fingerprint density at radius 2 is 1.46 bits per heavy atom. The number of carbonyl (C=O) groups is 2. The summed E-state index contributed by atoms with van der Waals surface area (Å²) in [5.74, 6) is -0.216. The lowest BCUT2D eigenvalue weighted by atomic mass is 10.0. The zero-order valence-electron chi connectivity index (χ0n) is 19.6. The number of halogens is 2. The van der Waals surface area contributed by atoms with Gasteiger partial charge in [-0.1, -0.05) is 103 Å². The van der Waals surface area contributed by atoms with Crippen LogP contribution in [0.25, 0.3) is 0 Å². The highest BCUT2D eigenvalue weighted by atomic mass is 35.5. The molecule has 2 amide bonds. The molecule has 1 fully saturated rings. The first-order valence-corrected chi connectivity index (χ1v) is 12.9. The minimum Gasteiger partial charge on any atom is -0.352 e. The van der Waals surface area contributed by atoms with Crippen LogP contribution in [0, 0.1) is 0 Å². The zero-order chi connectivity index (χ0) is 24.6. The van der Waals surface area contributed by atoms with Gasteiger partial charge >= 0.3 is 0 Å². The molecule has 0 aromatic heterocycles. The molecule has 0 heterocycles. The van der Waals surface area contributed by atoms with Crippen molar-refractivity contribution < 1.29 is 9.59 Å². The van der Waals surface area contributed by atoms with Crippen LogP contribution in [0.15, 0.2) is 78.9 Å². The highest BCUT2D eigenvalue weighted by Crippen LogP contribution is 2.25. The molecule has 3 aromatic carbocycles. The topological polar surface area (TPSA) is 49.4 Å². The third-order valence-corrected chi connectivity index (χ3v) is 7.25. The Balaban J connectivity index is 1.66. The molecule has 1 atom stereocenters. The number of hydrogen-bond donors (Lipinski definition) is 1. The summed E-state index contributed by atoms with van der Waals surface area (Å²) < 4.78 is 0. The van der Waals surface area contributed by atoms with E-state index in [4.69, 9.17) is 23.2 Å². The van der Waals surface area contributed by atoms with Crippen molar-refractivity contribution in [2.24, 2.45) is 0 Å². The molecule has 1 saturated carbocycles. The molecule has 4 rings (SSSR count). The number of carbonyl (C=O) groups excluding carboxylic acids is 2. The third-order valence-electron chi connectivity index (χ3n) is 6.51. The van der Waals surface area contributed by atoms with Crippen molar-refractivity contribution in [3.05, 3.63) is 106 Å². The van der Waals surface area contributed by atoms with Crippen LogP contribution in [0.2, 0.25) is 10.0 Å². The number of nitrogens with one attached hydrogen (secondary N) is 1. The van der Waals surface area contributed by atoms with E-state index in [-0.39, 0.29) is 30.8 Å². The van der Waals surface area contributed by atoms with Crippen LogP contribution in [0.5, 0.6) is 0 Å². The van der Waals surface area contributed by atoms with Crippen LogP contribution >= 0.6 is 23.2 Å². The number of benzene rings is 3. The molecular formula is C29H30Cl2N2O2. The Morgan fingerprint density at radius 1 is 0.829 bits per heavy atom. The van der Waals surface area contributed by atoms with Crippen LogP contribution in [0.3, 0.4) is 0 Å². The molecule has 4 nitrogen and oxygen atoms in total. The molecular weight excluding hydrogens is 479 g/mol. The highest BCUT2D eigenvalue weighted by Gasteiger charge is 2.32. The quantitative estimate of drug-likeness (QED) is 0.372. The Kier molecular flexibility index (Phi) is 8.84. The van der Waals surface area contributed by atoms with Gasteiger partial charge in [0, 0.05) is 19.0 Å². The molecule has 3 aromatic rings. The van der Waals surface area contributed by atoms with E-state index in [0.717, 1.165) is 42.4 Å². The fraction of sp³-hybridized carbons (Fsp3) is 0.310. The predicted octanol–water partition coefficient (Wildman–Crippen LogP) is 6.23. The smallest absolute Gasteiger partial charge is 0.243 e. The van der Waals surface area contributed by atoms with E-state index < -0.39 is 6.04 Å². The number of rotatable bonds is 9. The van der Waals surface area contributed by atoms with Crippen molar-refractivity contribution in [3.63, 3.8) is 0 Å². The lowest BCUT2D eigenvalue weighted by Crippen LogP contribution is -2.52. The summed E-state index contributed by atoms with van der Waals surface area (Å²) in [6, 6.07) is 24.3. The van der Waals surface area contributed by atoms with Crippen LogP contribution in [-0.2, 0) is 29.0 Å². The average molecular weight is 509 g/mol. The monoisotopic (exact) mass is 508 g/mol. The first kappa shape index (κ1) is 25.3. The van der Waals surface area contributed by atoms with E-state index in [1.165, 1.54) is 0 Å². The summed E-state index contributed by atoms with van der Waals surface area (Å²) in [5.41, 5.74) is 2.74. The summed E-state index contributed by atoms with van der Waals surface area (Å²) >= 11 is 12.4. The first-order valence-electron chi connectivity index (χ1n) is 12.1. The molecule has 0 saturated heterocycles. The van der Waals surface area contributed by atoms with E-state index in [0.29, 0.717) is 16.5 Å². The van der Waals surface area contributed by atoms with Crippen molar-refractivity contribution in [3.8, 4) is 0 Å². The van der Waals surface area contributed by atoms with Gasteiger partial charge in [0.25, 0.3) is 0 Å². The van der Waals surface area contributed by atoms with Gasteiger partial charge in [0.15, 0.2) is 0 Å². The van der Waals surface area contributed by atoms with Gasteiger partial charge < -0.3 is 10.2 Å². The van der Waals surface area contributed by atoms with Crippen LogP contribution in [0.1, 0.15) is 42.4 Å². The Bertz CT molecular complexity index is 1130. The maximum absolute atomic E-state index is 13.7. The first-order chi connectivity index (χ1) is 17.0. The molecule has 35 heavy (non-hydrogen) atoms. The van der Waals surface area contributed by atoms with Gasteiger partial charge in [0.2, 0.25) is 11.8 Å². The second-order valence-electron chi connectivity index (χ2n) is 9.13. The SMILES string of the molecule is O=C(NC1CCCC1)[C@@H](Cc1ccccc1)N(Cc1ccc(Cl)c(Cl)c1)C(=O)Cc1ccccc1. The lowest BCUT2D eigenvalue weighted by molar-refractivity contribution is -0.141. The Hall–Kier alpha value is -2.82. The van der Waals surface area contributed by atoms with Crippen molar-refractivity contribution in [1.29, 1.82) is 0 Å². The summed E-state index contributed by atoms with van der Waals surface area (Å²) in [4.78, 5) is 29.1. The standard InChI is InChI=1S/C29H30Cl2N2O2/c30-25-16-15-23(17-26(25)31)20-33(28(34)19-22-11-5-2-6-12-22)27(18-21-9-3-1-4-10-21)29(35)32-24-13-7-8-14-24/h1-6,9-12,15-17,24,27H,7-8,13-14,18-20H2,(H,32,35)/t27-/m1/s1. The molecule has 0 unspecified atom stereocenters. The molecule has 0 bridgehead atoms. The predicted molar refractivity (Wildman–Crippen MR) is 141 cm³/mol. The number of hydrogen-bond acceptors (Lipinski definition) is 2. The maximum Gasteiger partial charge on any atom is 0.243 e. The maximum atomic E-state index is 13.7. The lowest BCUT2D eigenvalue weighted by Gasteiger charge is -2.32. The van der Waals surface area contributed by atoms with Gasteiger partial charge in [-0.15, -0.1) is 0 Å². The van der Waals surface area contributed by atoms with E-state index in [1.807, 2.05) is 66.7 Å². The second kappa shape index (κ2) is 12.2. The van der Waals surface area contributed by atoms with E-state index in [1.54, 1.807) is 17.0 Å². The summed E-state index contributed by atoms with van der Waals surface area (Å²) in [6.07, 6.45) is 4.84. The molecule has 0 aliphatic heterocycles. The largest absolute Gasteiger partial charge is 0.352 e. The van der Waals surface area contributed by atoms with Crippen molar-refractivity contribution in [1.82, 2.24) is 10.2 Å². The van der Waals surface area contributed by atoms with Crippen LogP contribution in [-0.4, -0.2) is 28.8 Å². The van der Waals surface area contributed by atoms with Crippen molar-refractivity contribution in [2.75, 3.05) is 0 Å². The summed E-state index contributed by atoms with van der Waals surface area (Å²) in [7, 11) is 0. The molecule has 182 valence electrons. The Morgan fingerprint density at radius 3 is 2.09 bits per heavy atom. The van der Waals surface area contributed by atoms with E-state index >= 15 is 0 Å². The fourth-order valence-electron chi connectivity index (χ4n) is 4.63. The van der Waals surface area contributed by atoms with Gasteiger partial charge in [-0.25, -0.2) is 0 Å². The number of amides is 2. The van der Waals surface area contributed by atoms with Crippen LogP contribution in [0.4, 0.5) is 0 Å². The zero-order valence-corrected chi connectivity index (χ0v) is 21.1. The van der Waals surface area contributed by atoms with Crippen molar-refractivity contribution >= 4 is 35.0 Å². The van der Waals surface area contributed by atoms with Gasteiger partial charge in [0.1, 0.15) is 6.04 Å². The fourth-order valence-corrected chi connectivity index (χ4v) is 4.95. The Labute approximate surface area is 217 Å². The van der Waals surface area contributed by atoms with Gasteiger partial charge in [-0.2, -0.15) is 0 Å². The van der Waals surface area contributed by atoms with Crippen molar-refractivity contribution in [2.45, 2.75) is 57.2 Å².